The third kappa shape index (κ3) is 4.40. The van der Waals surface area contributed by atoms with Crippen LogP contribution in [0.4, 0.5) is 0 Å². The zero-order valence-electron chi connectivity index (χ0n) is 10.9. The summed E-state index contributed by atoms with van der Waals surface area (Å²) in [5.74, 6) is 0.782. The van der Waals surface area contributed by atoms with E-state index in [4.69, 9.17) is 10.5 Å². The van der Waals surface area contributed by atoms with Gasteiger partial charge >= 0.3 is 0 Å². The molecule has 108 valence electrons. The van der Waals surface area contributed by atoms with E-state index in [-0.39, 0.29) is 13.2 Å². The number of likely N-dealkylation sites (tertiary alicyclic amines) is 1. The molecular formula is C15H26N2O2. The monoisotopic (exact) mass is 266 g/mol. The lowest BCUT2D eigenvalue weighted by molar-refractivity contribution is 0.205. The van der Waals surface area contributed by atoms with Crippen molar-refractivity contribution in [3.63, 3.8) is 0 Å². The van der Waals surface area contributed by atoms with Crippen molar-refractivity contribution in [3.8, 4) is 11.5 Å². The van der Waals surface area contributed by atoms with Gasteiger partial charge in [-0.25, -0.2) is 0 Å². The highest BCUT2D eigenvalue weighted by Crippen LogP contribution is 2.27. The number of piperidine rings is 1. The Morgan fingerprint density at radius 3 is 2.68 bits per heavy atom. The van der Waals surface area contributed by atoms with Crippen LogP contribution in [0.2, 0.25) is 0 Å². The molecule has 0 unspecified atom stereocenters. The summed E-state index contributed by atoms with van der Waals surface area (Å²) in [5.41, 5.74) is 7.07. The van der Waals surface area contributed by atoms with Crippen LogP contribution < -0.4 is 10.5 Å². The topological polar surface area (TPSA) is 58.7 Å². The Morgan fingerprint density at radius 1 is 1.37 bits per heavy atom. The van der Waals surface area contributed by atoms with E-state index in [2.05, 4.69) is 4.90 Å². The molecule has 0 saturated carbocycles. The number of nitrogens with zero attached hydrogens (tertiary/aromatic N) is 1. The first-order valence-corrected chi connectivity index (χ1v) is 6.61. The van der Waals surface area contributed by atoms with Crippen molar-refractivity contribution in [1.29, 1.82) is 0 Å². The number of aromatic hydroxyl groups is 1. The molecule has 0 radical (unpaired) electrons. The predicted molar refractivity (Wildman–Crippen MR) is 78.5 cm³/mol. The minimum absolute atomic E-state index is 0. The maximum atomic E-state index is 9.65. The lowest BCUT2D eigenvalue weighted by Crippen LogP contribution is -2.39. The number of rotatable bonds is 4. The molecule has 1 heterocycles. The molecule has 1 fully saturated rings. The molecular weight excluding hydrogens is 240 g/mol. The zero-order valence-corrected chi connectivity index (χ0v) is 10.9. The van der Waals surface area contributed by atoms with Gasteiger partial charge in [-0.05, 0) is 50.6 Å². The zero-order chi connectivity index (χ0) is 13.0. The molecule has 1 aromatic carbocycles. The van der Waals surface area contributed by atoms with Crippen LogP contribution in [0.3, 0.4) is 0 Å². The van der Waals surface area contributed by atoms with Crippen molar-refractivity contribution in [2.24, 2.45) is 5.73 Å². The van der Waals surface area contributed by atoms with E-state index >= 15 is 0 Å². The molecule has 19 heavy (non-hydrogen) atoms. The van der Waals surface area contributed by atoms with Crippen LogP contribution in [0, 0.1) is 0 Å². The largest absolute Gasteiger partial charge is 0.504 e. The summed E-state index contributed by atoms with van der Waals surface area (Å²) >= 11 is 0. The number of benzene rings is 1. The van der Waals surface area contributed by atoms with Gasteiger partial charge in [0, 0.05) is 12.6 Å². The molecule has 3 N–H and O–H groups in total. The van der Waals surface area contributed by atoms with E-state index in [0.717, 1.165) is 32.5 Å². The third-order valence-electron chi connectivity index (χ3n) is 3.36. The first-order valence-electron chi connectivity index (χ1n) is 6.61. The first kappa shape index (κ1) is 15.8. The number of hydrogen-bond donors (Lipinski definition) is 2. The summed E-state index contributed by atoms with van der Waals surface area (Å²) in [6.45, 7) is 5.47. The Bertz CT molecular complexity index is 388. The SMILES string of the molecule is C.CCOc1cc(CN2CCC(N)CC2)ccc1O. The maximum Gasteiger partial charge on any atom is 0.161 e. The molecule has 0 atom stereocenters. The summed E-state index contributed by atoms with van der Waals surface area (Å²) < 4.78 is 5.40. The summed E-state index contributed by atoms with van der Waals surface area (Å²) in [6.07, 6.45) is 2.13. The van der Waals surface area contributed by atoms with Gasteiger partial charge in [-0.3, -0.25) is 4.90 Å². The molecule has 0 amide bonds. The van der Waals surface area contributed by atoms with Gasteiger partial charge < -0.3 is 15.6 Å². The fraction of sp³-hybridized carbons (Fsp3) is 0.600. The Balaban J connectivity index is 0.00000180. The van der Waals surface area contributed by atoms with E-state index < -0.39 is 0 Å². The van der Waals surface area contributed by atoms with E-state index in [1.54, 1.807) is 6.07 Å². The Labute approximate surface area is 116 Å². The number of phenolic OH excluding ortho intramolecular Hbond substituents is 1. The fourth-order valence-electron chi connectivity index (χ4n) is 2.30. The molecule has 0 bridgehead atoms. The molecule has 1 aliphatic heterocycles. The second-order valence-corrected chi connectivity index (χ2v) is 4.85. The number of ether oxygens (including phenoxy) is 1. The van der Waals surface area contributed by atoms with Gasteiger partial charge in [0.25, 0.3) is 0 Å². The van der Waals surface area contributed by atoms with Gasteiger partial charge in [0.2, 0.25) is 0 Å². The molecule has 1 aliphatic rings. The van der Waals surface area contributed by atoms with Gasteiger partial charge in [-0.1, -0.05) is 13.5 Å². The molecule has 4 nitrogen and oxygen atoms in total. The van der Waals surface area contributed by atoms with Gasteiger partial charge in [0.1, 0.15) is 0 Å². The normalized spacial score (nSPS) is 16.9. The van der Waals surface area contributed by atoms with Gasteiger partial charge in [0.05, 0.1) is 6.61 Å². The van der Waals surface area contributed by atoms with Crippen LogP contribution in [0.5, 0.6) is 11.5 Å². The Hall–Kier alpha value is -1.26. The first-order chi connectivity index (χ1) is 8.69. The van der Waals surface area contributed by atoms with Crippen molar-refractivity contribution < 1.29 is 9.84 Å². The average Bonchev–Trinajstić information content (AvgIpc) is 2.37. The predicted octanol–water partition coefficient (Wildman–Crippen LogP) is 2.35. The highest BCUT2D eigenvalue weighted by molar-refractivity contribution is 5.41. The molecule has 4 heteroatoms. The maximum absolute atomic E-state index is 9.65. The quantitative estimate of drug-likeness (QED) is 0.878. The molecule has 1 aromatic rings. The number of nitrogens with two attached hydrogens (primary N) is 1. The van der Waals surface area contributed by atoms with Crippen LogP contribution in [0.15, 0.2) is 18.2 Å². The summed E-state index contributed by atoms with van der Waals surface area (Å²) in [6, 6.07) is 5.94. The summed E-state index contributed by atoms with van der Waals surface area (Å²) in [7, 11) is 0. The second-order valence-electron chi connectivity index (χ2n) is 4.85. The Morgan fingerprint density at radius 2 is 2.05 bits per heavy atom. The smallest absolute Gasteiger partial charge is 0.161 e. The molecule has 2 rings (SSSR count). The van der Waals surface area contributed by atoms with Crippen molar-refractivity contribution >= 4 is 0 Å². The molecule has 0 aliphatic carbocycles. The minimum Gasteiger partial charge on any atom is -0.504 e. The van der Waals surface area contributed by atoms with Crippen molar-refractivity contribution in [1.82, 2.24) is 4.90 Å². The van der Waals surface area contributed by atoms with E-state index in [0.29, 0.717) is 18.4 Å². The van der Waals surface area contributed by atoms with E-state index in [9.17, 15) is 5.11 Å². The van der Waals surface area contributed by atoms with Crippen LogP contribution >= 0.6 is 0 Å². The summed E-state index contributed by atoms with van der Waals surface area (Å²) in [4.78, 5) is 2.39. The number of phenols is 1. The van der Waals surface area contributed by atoms with Crippen molar-refractivity contribution in [3.05, 3.63) is 23.8 Å². The standard InChI is InChI=1S/C14H22N2O2.CH4/c1-2-18-14-9-11(3-4-13(14)17)10-16-7-5-12(15)6-8-16;/h3-4,9,12,17H,2,5-8,10,15H2,1H3;1H4. The van der Waals surface area contributed by atoms with Crippen LogP contribution in [-0.4, -0.2) is 35.7 Å². The van der Waals surface area contributed by atoms with E-state index in [1.807, 2.05) is 19.1 Å². The van der Waals surface area contributed by atoms with Gasteiger partial charge in [0.15, 0.2) is 11.5 Å². The van der Waals surface area contributed by atoms with Crippen LogP contribution in [-0.2, 0) is 6.54 Å². The average molecular weight is 266 g/mol. The minimum atomic E-state index is 0. The number of hydrogen-bond acceptors (Lipinski definition) is 4. The lowest BCUT2D eigenvalue weighted by atomic mass is 10.1. The van der Waals surface area contributed by atoms with Crippen molar-refractivity contribution in [2.45, 2.75) is 39.8 Å². The highest BCUT2D eigenvalue weighted by Gasteiger charge is 2.16. The fourth-order valence-corrected chi connectivity index (χ4v) is 2.30. The van der Waals surface area contributed by atoms with Crippen LogP contribution in [0.1, 0.15) is 32.8 Å². The van der Waals surface area contributed by atoms with Gasteiger partial charge in [-0.15, -0.1) is 0 Å². The molecule has 0 spiro atoms. The van der Waals surface area contributed by atoms with Gasteiger partial charge in [-0.2, -0.15) is 0 Å². The molecule has 0 aromatic heterocycles. The van der Waals surface area contributed by atoms with Crippen molar-refractivity contribution in [2.75, 3.05) is 19.7 Å². The second kappa shape index (κ2) is 7.36. The van der Waals surface area contributed by atoms with Crippen LogP contribution in [0.25, 0.3) is 0 Å². The lowest BCUT2D eigenvalue weighted by Gasteiger charge is -2.30. The highest BCUT2D eigenvalue weighted by atomic mass is 16.5. The molecule has 1 saturated heterocycles. The van der Waals surface area contributed by atoms with E-state index in [1.165, 1.54) is 5.56 Å². The summed E-state index contributed by atoms with van der Waals surface area (Å²) in [5, 5.41) is 9.65. The third-order valence-corrected chi connectivity index (χ3v) is 3.36. The Kier molecular flexibility index (Phi) is 6.12.